The second kappa shape index (κ2) is 5.89. The zero-order chi connectivity index (χ0) is 12.8. The Morgan fingerprint density at radius 1 is 1.22 bits per heavy atom. The molecule has 18 heavy (non-hydrogen) atoms. The molecule has 0 atom stereocenters. The molecule has 0 heterocycles. The molecule has 1 aromatic rings. The van der Waals surface area contributed by atoms with Gasteiger partial charge in [-0.05, 0) is 24.8 Å². The number of carbonyl (C=O) groups excluding carboxylic acids is 1. The van der Waals surface area contributed by atoms with E-state index in [9.17, 15) is 4.79 Å². The number of benzene rings is 1. The lowest BCUT2D eigenvalue weighted by Gasteiger charge is -2.16. The van der Waals surface area contributed by atoms with Gasteiger partial charge in [-0.15, -0.1) is 0 Å². The van der Waals surface area contributed by atoms with Gasteiger partial charge in [-0.1, -0.05) is 43.7 Å². The van der Waals surface area contributed by atoms with E-state index in [1.807, 2.05) is 6.07 Å². The van der Waals surface area contributed by atoms with Crippen molar-refractivity contribution in [3.05, 3.63) is 35.9 Å². The fraction of sp³-hybridized carbons (Fsp3) is 0.533. The molecule has 3 nitrogen and oxygen atoms in total. The first-order valence-electron chi connectivity index (χ1n) is 6.84. The van der Waals surface area contributed by atoms with Gasteiger partial charge in [-0.2, -0.15) is 0 Å². The monoisotopic (exact) mass is 246 g/mol. The molecule has 1 aromatic carbocycles. The van der Waals surface area contributed by atoms with Gasteiger partial charge < -0.3 is 10.6 Å². The fourth-order valence-electron chi connectivity index (χ4n) is 2.20. The van der Waals surface area contributed by atoms with E-state index in [0.29, 0.717) is 0 Å². The number of unbranched alkanes of at least 4 members (excludes halogenated alkanes) is 1. The van der Waals surface area contributed by atoms with Gasteiger partial charge >= 0.3 is 6.03 Å². The van der Waals surface area contributed by atoms with E-state index in [4.69, 9.17) is 0 Å². The Balaban J connectivity index is 1.78. The first-order valence-corrected chi connectivity index (χ1v) is 6.84. The quantitative estimate of drug-likeness (QED) is 0.745. The summed E-state index contributed by atoms with van der Waals surface area (Å²) in [7, 11) is 0. The van der Waals surface area contributed by atoms with Gasteiger partial charge in [0.2, 0.25) is 0 Å². The van der Waals surface area contributed by atoms with Crippen LogP contribution in [0.5, 0.6) is 0 Å². The minimum Gasteiger partial charge on any atom is -0.338 e. The number of urea groups is 1. The first-order chi connectivity index (χ1) is 8.77. The van der Waals surface area contributed by atoms with Crippen LogP contribution in [0.4, 0.5) is 4.79 Å². The highest BCUT2D eigenvalue weighted by Crippen LogP contribution is 2.47. The molecule has 98 valence electrons. The van der Waals surface area contributed by atoms with Crippen LogP contribution in [-0.4, -0.2) is 19.1 Å². The summed E-state index contributed by atoms with van der Waals surface area (Å²) in [6, 6.07) is 10.4. The van der Waals surface area contributed by atoms with Crippen LogP contribution in [0.1, 0.15) is 38.2 Å². The van der Waals surface area contributed by atoms with Gasteiger partial charge in [0.05, 0.1) is 0 Å². The first kappa shape index (κ1) is 12.9. The van der Waals surface area contributed by atoms with Crippen molar-refractivity contribution in [2.75, 3.05) is 13.1 Å². The average Bonchev–Trinajstić information content (AvgIpc) is 3.19. The molecule has 1 aliphatic carbocycles. The highest BCUT2D eigenvalue weighted by molar-refractivity contribution is 5.74. The van der Waals surface area contributed by atoms with Crippen LogP contribution in [0.25, 0.3) is 0 Å². The smallest absolute Gasteiger partial charge is 0.314 e. The van der Waals surface area contributed by atoms with Gasteiger partial charge in [0, 0.05) is 18.5 Å². The summed E-state index contributed by atoms with van der Waals surface area (Å²) in [4.78, 5) is 11.6. The van der Waals surface area contributed by atoms with Crippen LogP contribution in [0.15, 0.2) is 30.3 Å². The number of amides is 2. The maximum Gasteiger partial charge on any atom is 0.314 e. The second-order valence-corrected chi connectivity index (χ2v) is 5.11. The van der Waals surface area contributed by atoms with Crippen LogP contribution in [0.3, 0.4) is 0 Å². The Hall–Kier alpha value is -1.51. The Labute approximate surface area is 109 Å². The van der Waals surface area contributed by atoms with E-state index in [0.717, 1.165) is 25.9 Å². The molecular formula is C15H22N2O. The van der Waals surface area contributed by atoms with Crippen LogP contribution >= 0.6 is 0 Å². The fourth-order valence-corrected chi connectivity index (χ4v) is 2.20. The topological polar surface area (TPSA) is 41.1 Å². The molecule has 0 radical (unpaired) electrons. The molecule has 1 fully saturated rings. The Bertz CT molecular complexity index is 385. The number of hydrogen-bond acceptors (Lipinski definition) is 1. The predicted octanol–water partition coefficient (Wildman–Crippen LogP) is 2.82. The Morgan fingerprint density at radius 2 is 1.94 bits per heavy atom. The lowest BCUT2D eigenvalue weighted by Crippen LogP contribution is -2.40. The van der Waals surface area contributed by atoms with E-state index in [2.05, 4.69) is 41.8 Å². The highest BCUT2D eigenvalue weighted by atomic mass is 16.2. The number of carbonyl (C=O) groups is 1. The zero-order valence-corrected chi connectivity index (χ0v) is 11.0. The lowest BCUT2D eigenvalue weighted by molar-refractivity contribution is 0.239. The molecule has 0 saturated heterocycles. The minimum atomic E-state index is -0.0364. The number of rotatable bonds is 6. The molecular weight excluding hydrogens is 224 g/mol. The largest absolute Gasteiger partial charge is 0.338 e. The minimum absolute atomic E-state index is 0.0364. The maximum absolute atomic E-state index is 11.6. The third-order valence-electron chi connectivity index (χ3n) is 3.64. The van der Waals surface area contributed by atoms with Gasteiger partial charge in [0.25, 0.3) is 0 Å². The van der Waals surface area contributed by atoms with Crippen molar-refractivity contribution >= 4 is 6.03 Å². The summed E-state index contributed by atoms with van der Waals surface area (Å²) < 4.78 is 0. The third-order valence-corrected chi connectivity index (χ3v) is 3.64. The van der Waals surface area contributed by atoms with Crippen LogP contribution in [0.2, 0.25) is 0 Å². The van der Waals surface area contributed by atoms with Crippen molar-refractivity contribution in [1.29, 1.82) is 0 Å². The van der Waals surface area contributed by atoms with E-state index in [1.165, 1.54) is 18.4 Å². The molecule has 2 amide bonds. The lowest BCUT2D eigenvalue weighted by atomic mass is 9.96. The molecule has 2 N–H and O–H groups in total. The molecule has 0 spiro atoms. The molecule has 2 rings (SSSR count). The van der Waals surface area contributed by atoms with Gasteiger partial charge in [0.1, 0.15) is 0 Å². The summed E-state index contributed by atoms with van der Waals surface area (Å²) >= 11 is 0. The maximum atomic E-state index is 11.6. The van der Waals surface area contributed by atoms with Crippen molar-refractivity contribution in [1.82, 2.24) is 10.6 Å². The SMILES string of the molecule is CCCCNC(=O)NCC1(c2ccccc2)CC1. The summed E-state index contributed by atoms with van der Waals surface area (Å²) in [6.07, 6.45) is 4.49. The molecule has 0 aliphatic heterocycles. The summed E-state index contributed by atoms with van der Waals surface area (Å²) in [5.74, 6) is 0. The third kappa shape index (κ3) is 3.25. The summed E-state index contributed by atoms with van der Waals surface area (Å²) in [6.45, 7) is 3.63. The normalized spacial score (nSPS) is 16.1. The molecule has 0 aromatic heterocycles. The van der Waals surface area contributed by atoms with Crippen molar-refractivity contribution in [2.45, 2.75) is 38.0 Å². The van der Waals surface area contributed by atoms with Crippen LogP contribution in [0, 0.1) is 0 Å². The summed E-state index contributed by atoms with van der Waals surface area (Å²) in [5.41, 5.74) is 1.54. The van der Waals surface area contributed by atoms with Crippen molar-refractivity contribution < 1.29 is 4.79 Å². The van der Waals surface area contributed by atoms with Gasteiger partial charge in [-0.25, -0.2) is 4.79 Å². The van der Waals surface area contributed by atoms with E-state index in [1.54, 1.807) is 0 Å². The van der Waals surface area contributed by atoms with E-state index >= 15 is 0 Å². The Kier molecular flexibility index (Phi) is 4.24. The zero-order valence-electron chi connectivity index (χ0n) is 11.0. The van der Waals surface area contributed by atoms with E-state index < -0.39 is 0 Å². The standard InChI is InChI=1S/C15H22N2O/c1-2-3-11-16-14(18)17-12-15(9-10-15)13-7-5-4-6-8-13/h4-8H,2-3,9-12H2,1H3,(H2,16,17,18). The van der Waals surface area contributed by atoms with Gasteiger partial charge in [-0.3, -0.25) is 0 Å². The molecule has 0 unspecified atom stereocenters. The summed E-state index contributed by atoms with van der Waals surface area (Å²) in [5, 5.41) is 5.88. The molecule has 1 saturated carbocycles. The van der Waals surface area contributed by atoms with Gasteiger partial charge in [0.15, 0.2) is 0 Å². The number of nitrogens with one attached hydrogen (secondary N) is 2. The van der Waals surface area contributed by atoms with E-state index in [-0.39, 0.29) is 11.4 Å². The highest BCUT2D eigenvalue weighted by Gasteiger charge is 2.44. The van der Waals surface area contributed by atoms with Crippen molar-refractivity contribution in [3.63, 3.8) is 0 Å². The molecule has 3 heteroatoms. The molecule has 0 bridgehead atoms. The average molecular weight is 246 g/mol. The predicted molar refractivity (Wildman–Crippen MR) is 73.7 cm³/mol. The Morgan fingerprint density at radius 3 is 2.56 bits per heavy atom. The number of hydrogen-bond donors (Lipinski definition) is 2. The van der Waals surface area contributed by atoms with Crippen LogP contribution in [-0.2, 0) is 5.41 Å². The van der Waals surface area contributed by atoms with Crippen molar-refractivity contribution in [2.24, 2.45) is 0 Å². The van der Waals surface area contributed by atoms with Crippen LogP contribution < -0.4 is 10.6 Å². The second-order valence-electron chi connectivity index (χ2n) is 5.11. The van der Waals surface area contributed by atoms with Crippen molar-refractivity contribution in [3.8, 4) is 0 Å². The molecule has 1 aliphatic rings.